The van der Waals surface area contributed by atoms with Gasteiger partial charge >= 0.3 is 0 Å². The highest BCUT2D eigenvalue weighted by Crippen LogP contribution is 2.26. The lowest BCUT2D eigenvalue weighted by Crippen LogP contribution is -2.46. The summed E-state index contributed by atoms with van der Waals surface area (Å²) in [6.45, 7) is 3.32. The number of benzene rings is 1. The van der Waals surface area contributed by atoms with Gasteiger partial charge in [0.1, 0.15) is 16.6 Å². The molecule has 0 radical (unpaired) electrons. The highest BCUT2D eigenvalue weighted by atomic mass is 32.1. The fourth-order valence-corrected chi connectivity index (χ4v) is 3.03. The Morgan fingerprint density at radius 1 is 1.11 bits per heavy atom. The van der Waals surface area contributed by atoms with E-state index in [2.05, 4.69) is 14.2 Å². The zero-order chi connectivity index (χ0) is 13.2. The number of para-hydroxylation sites is 1. The Morgan fingerprint density at radius 3 is 2.42 bits per heavy atom. The fourth-order valence-electron chi connectivity index (χ4n) is 2.30. The third kappa shape index (κ3) is 2.49. The third-order valence-corrected chi connectivity index (χ3v) is 4.17. The average molecular weight is 278 g/mol. The second kappa shape index (κ2) is 5.05. The first-order valence-corrected chi connectivity index (χ1v) is 6.98. The predicted octanol–water partition coefficient (Wildman–Crippen LogP) is 2.19. The summed E-state index contributed by atoms with van der Waals surface area (Å²) in [6, 6.07) is 8.81. The Labute approximate surface area is 115 Å². The van der Waals surface area contributed by atoms with Crippen LogP contribution in [-0.2, 0) is 0 Å². The molecule has 2 aromatic rings. The molecule has 3 rings (SSSR count). The molecule has 2 N–H and O–H groups in total. The number of aromatic nitrogens is 1. The first-order valence-electron chi connectivity index (χ1n) is 6.20. The molecule has 0 aliphatic carbocycles. The minimum atomic E-state index is -0.155. The normalized spacial score (nSPS) is 15.8. The van der Waals surface area contributed by atoms with Gasteiger partial charge in [-0.2, -0.15) is 4.37 Å². The van der Waals surface area contributed by atoms with Gasteiger partial charge in [0.15, 0.2) is 0 Å². The molecule has 1 saturated heterocycles. The van der Waals surface area contributed by atoms with Crippen molar-refractivity contribution < 1.29 is 4.39 Å². The quantitative estimate of drug-likeness (QED) is 0.914. The summed E-state index contributed by atoms with van der Waals surface area (Å²) >= 11 is 1.41. The van der Waals surface area contributed by atoms with Crippen molar-refractivity contribution >= 4 is 28.0 Å². The first kappa shape index (κ1) is 12.2. The topological polar surface area (TPSA) is 45.4 Å². The van der Waals surface area contributed by atoms with Gasteiger partial charge in [-0.1, -0.05) is 12.1 Å². The SMILES string of the molecule is Nc1cc(N2CCN(c3ccccc3F)CC2)sn1. The van der Waals surface area contributed by atoms with Crippen molar-refractivity contribution in [2.75, 3.05) is 41.7 Å². The predicted molar refractivity (Wildman–Crippen MR) is 77.4 cm³/mol. The van der Waals surface area contributed by atoms with Crippen LogP contribution in [0.2, 0.25) is 0 Å². The van der Waals surface area contributed by atoms with Gasteiger partial charge in [0.25, 0.3) is 0 Å². The maximum atomic E-state index is 13.7. The van der Waals surface area contributed by atoms with E-state index >= 15 is 0 Å². The van der Waals surface area contributed by atoms with Gasteiger partial charge in [-0.3, -0.25) is 0 Å². The number of rotatable bonds is 2. The summed E-state index contributed by atoms with van der Waals surface area (Å²) in [4.78, 5) is 4.32. The third-order valence-electron chi connectivity index (χ3n) is 3.30. The maximum absolute atomic E-state index is 13.7. The average Bonchev–Trinajstić information content (AvgIpc) is 2.86. The molecule has 0 bridgehead atoms. The molecule has 0 spiro atoms. The number of nitrogens with zero attached hydrogens (tertiary/aromatic N) is 3. The van der Waals surface area contributed by atoms with Crippen molar-refractivity contribution in [3.05, 3.63) is 36.1 Å². The number of hydrogen-bond acceptors (Lipinski definition) is 5. The minimum absolute atomic E-state index is 0.155. The molecular formula is C13H15FN4S. The zero-order valence-corrected chi connectivity index (χ0v) is 11.2. The number of nitrogen functional groups attached to an aromatic ring is 1. The minimum Gasteiger partial charge on any atom is -0.383 e. The van der Waals surface area contributed by atoms with Crippen molar-refractivity contribution in [3.8, 4) is 0 Å². The van der Waals surface area contributed by atoms with E-state index in [-0.39, 0.29) is 5.82 Å². The highest BCUT2D eigenvalue weighted by Gasteiger charge is 2.20. The van der Waals surface area contributed by atoms with Crippen LogP contribution in [0.15, 0.2) is 30.3 Å². The fraction of sp³-hybridized carbons (Fsp3) is 0.308. The molecule has 1 aliphatic heterocycles. The highest BCUT2D eigenvalue weighted by molar-refractivity contribution is 7.10. The lowest BCUT2D eigenvalue weighted by Gasteiger charge is -2.36. The first-order chi connectivity index (χ1) is 9.24. The lowest BCUT2D eigenvalue weighted by molar-refractivity contribution is 0.599. The molecule has 0 saturated carbocycles. The Hall–Kier alpha value is -1.82. The van der Waals surface area contributed by atoms with Crippen LogP contribution < -0.4 is 15.5 Å². The second-order valence-electron chi connectivity index (χ2n) is 4.52. The molecule has 1 aromatic carbocycles. The number of halogens is 1. The number of nitrogens with two attached hydrogens (primary N) is 1. The van der Waals surface area contributed by atoms with Gasteiger partial charge in [0, 0.05) is 32.2 Å². The van der Waals surface area contributed by atoms with Gasteiger partial charge in [-0.05, 0) is 23.7 Å². The summed E-state index contributed by atoms with van der Waals surface area (Å²) in [5, 5.41) is 1.09. The Balaban J connectivity index is 1.68. The van der Waals surface area contributed by atoms with Crippen molar-refractivity contribution in [1.82, 2.24) is 4.37 Å². The van der Waals surface area contributed by atoms with E-state index in [1.807, 2.05) is 18.2 Å². The van der Waals surface area contributed by atoms with Crippen LogP contribution in [0.3, 0.4) is 0 Å². The van der Waals surface area contributed by atoms with Crippen molar-refractivity contribution in [1.29, 1.82) is 0 Å². The Kier molecular flexibility index (Phi) is 3.25. The molecule has 19 heavy (non-hydrogen) atoms. The van der Waals surface area contributed by atoms with Gasteiger partial charge in [-0.25, -0.2) is 4.39 Å². The number of hydrogen-bond donors (Lipinski definition) is 1. The molecule has 6 heteroatoms. The van der Waals surface area contributed by atoms with E-state index < -0.39 is 0 Å². The van der Waals surface area contributed by atoms with Gasteiger partial charge in [0.2, 0.25) is 0 Å². The molecule has 0 amide bonds. The van der Waals surface area contributed by atoms with E-state index in [4.69, 9.17) is 5.73 Å². The summed E-state index contributed by atoms with van der Waals surface area (Å²) in [7, 11) is 0. The summed E-state index contributed by atoms with van der Waals surface area (Å²) in [6.07, 6.45) is 0. The second-order valence-corrected chi connectivity index (χ2v) is 5.30. The van der Waals surface area contributed by atoms with E-state index in [0.717, 1.165) is 31.2 Å². The number of piperazine rings is 1. The maximum Gasteiger partial charge on any atom is 0.146 e. The molecule has 0 atom stereocenters. The van der Waals surface area contributed by atoms with Crippen LogP contribution in [0.5, 0.6) is 0 Å². The monoisotopic (exact) mass is 278 g/mol. The van der Waals surface area contributed by atoms with E-state index in [9.17, 15) is 4.39 Å². The number of anilines is 3. The van der Waals surface area contributed by atoms with E-state index in [0.29, 0.717) is 11.5 Å². The van der Waals surface area contributed by atoms with Crippen LogP contribution in [0.1, 0.15) is 0 Å². The summed E-state index contributed by atoms with van der Waals surface area (Å²) in [5.74, 6) is 0.412. The Bertz CT molecular complexity index is 563. The molecular weight excluding hydrogens is 263 g/mol. The van der Waals surface area contributed by atoms with E-state index in [1.165, 1.54) is 17.6 Å². The van der Waals surface area contributed by atoms with Crippen LogP contribution in [0.4, 0.5) is 20.9 Å². The van der Waals surface area contributed by atoms with E-state index in [1.54, 1.807) is 6.07 Å². The zero-order valence-electron chi connectivity index (χ0n) is 10.4. The summed E-state index contributed by atoms with van der Waals surface area (Å²) < 4.78 is 17.8. The van der Waals surface area contributed by atoms with Crippen LogP contribution in [-0.4, -0.2) is 30.6 Å². The molecule has 4 nitrogen and oxygen atoms in total. The lowest BCUT2D eigenvalue weighted by atomic mass is 10.2. The largest absolute Gasteiger partial charge is 0.383 e. The van der Waals surface area contributed by atoms with Crippen LogP contribution in [0, 0.1) is 5.82 Å². The molecule has 2 heterocycles. The summed E-state index contributed by atoms with van der Waals surface area (Å²) in [5.41, 5.74) is 6.32. The van der Waals surface area contributed by atoms with Crippen LogP contribution in [0.25, 0.3) is 0 Å². The molecule has 100 valence electrons. The van der Waals surface area contributed by atoms with Crippen molar-refractivity contribution in [3.63, 3.8) is 0 Å². The molecule has 1 aliphatic rings. The molecule has 1 fully saturated rings. The van der Waals surface area contributed by atoms with Crippen LogP contribution >= 0.6 is 11.5 Å². The van der Waals surface area contributed by atoms with Crippen molar-refractivity contribution in [2.24, 2.45) is 0 Å². The Morgan fingerprint density at radius 2 is 1.79 bits per heavy atom. The van der Waals surface area contributed by atoms with Gasteiger partial charge < -0.3 is 15.5 Å². The smallest absolute Gasteiger partial charge is 0.146 e. The standard InChI is InChI=1S/C13H15FN4S/c14-10-3-1-2-4-11(10)17-5-7-18(8-6-17)13-9-12(15)16-19-13/h1-4,9H,5-8H2,(H2,15,16). The van der Waals surface area contributed by atoms with Crippen molar-refractivity contribution in [2.45, 2.75) is 0 Å². The van der Waals surface area contributed by atoms with Gasteiger partial charge in [0.05, 0.1) is 5.69 Å². The molecule has 1 aromatic heterocycles. The molecule has 0 unspecified atom stereocenters. The van der Waals surface area contributed by atoms with Gasteiger partial charge in [-0.15, -0.1) is 0 Å².